The van der Waals surface area contributed by atoms with Gasteiger partial charge in [-0.2, -0.15) is 0 Å². The van der Waals surface area contributed by atoms with Gasteiger partial charge in [-0.15, -0.1) is 11.8 Å². The molecule has 1 heterocycles. The number of nitrogens with zero attached hydrogens (tertiary/aromatic N) is 2. The summed E-state index contributed by atoms with van der Waals surface area (Å²) in [5, 5.41) is 10.3. The third-order valence-electron chi connectivity index (χ3n) is 4.03. The summed E-state index contributed by atoms with van der Waals surface area (Å²) in [4.78, 5) is 15.7. The molecule has 2 aromatic rings. The Labute approximate surface area is 165 Å². The first-order valence-corrected chi connectivity index (χ1v) is 8.96. The van der Waals surface area contributed by atoms with E-state index in [9.17, 15) is 9.90 Å². The smallest absolute Gasteiger partial charge is 0.257 e. The Morgan fingerprint density at radius 2 is 2.04 bits per heavy atom. The highest BCUT2D eigenvalue weighted by molar-refractivity contribution is 7.99. The highest BCUT2D eigenvalue weighted by Gasteiger charge is 2.37. The van der Waals surface area contributed by atoms with Crippen LogP contribution in [0, 0.1) is 0 Å². The number of anilines is 1. The third kappa shape index (κ3) is 3.87. The molecule has 3 rings (SSSR count). The van der Waals surface area contributed by atoms with Gasteiger partial charge in [-0.3, -0.25) is 4.79 Å². The maximum atomic E-state index is 13.3. The number of thioether (sulfide) groups is 1. The number of para-hydroxylation sites is 1. The van der Waals surface area contributed by atoms with Gasteiger partial charge in [0.25, 0.3) is 5.91 Å². The Morgan fingerprint density at radius 1 is 1.31 bits per heavy atom. The number of carbonyl (C=O) groups is 1. The lowest BCUT2D eigenvalue weighted by Gasteiger charge is -2.26. The third-order valence-corrected chi connectivity index (χ3v) is 5.41. The monoisotopic (exact) mass is 377 g/mol. The van der Waals surface area contributed by atoms with Crippen LogP contribution in [0.4, 0.5) is 5.69 Å². The van der Waals surface area contributed by atoms with Crippen molar-refractivity contribution >= 4 is 23.4 Å². The normalized spacial score (nSPS) is 23.9. The number of aliphatic hydroxyl groups is 1. The molecule has 0 saturated carbocycles. The number of rotatable bonds is 5. The SMILES string of the molecule is [2H]C([2H])([2H])N(C)CC([2H])([2H])N1C(=O)[C@H](O)[C@H](c2ccc(OC)cc2)Sc2ccccc21. The second-order valence-electron chi connectivity index (χ2n) is 5.91. The van der Waals surface area contributed by atoms with Gasteiger partial charge < -0.3 is 19.6 Å². The molecule has 1 N–H and O–H groups in total. The minimum absolute atomic E-state index is 0.288. The minimum atomic E-state index is -2.53. The quantitative estimate of drug-likeness (QED) is 0.868. The Balaban J connectivity index is 2.04. The van der Waals surface area contributed by atoms with Gasteiger partial charge in [0.15, 0.2) is 0 Å². The summed E-state index contributed by atoms with van der Waals surface area (Å²) >= 11 is 1.26. The van der Waals surface area contributed by atoms with Gasteiger partial charge in [0.2, 0.25) is 0 Å². The lowest BCUT2D eigenvalue weighted by Crippen LogP contribution is -2.43. The van der Waals surface area contributed by atoms with Crippen LogP contribution in [-0.4, -0.2) is 56.2 Å². The number of amides is 1. The second kappa shape index (κ2) is 8.12. The lowest BCUT2D eigenvalue weighted by molar-refractivity contribution is -0.126. The maximum Gasteiger partial charge on any atom is 0.257 e. The van der Waals surface area contributed by atoms with E-state index in [-0.39, 0.29) is 5.69 Å². The topological polar surface area (TPSA) is 53.0 Å². The summed E-state index contributed by atoms with van der Waals surface area (Å²) in [6.07, 6.45) is -1.54. The van der Waals surface area contributed by atoms with Crippen LogP contribution >= 0.6 is 11.8 Å². The fourth-order valence-electron chi connectivity index (χ4n) is 2.71. The zero-order valence-corrected chi connectivity index (χ0v) is 15.4. The zero-order valence-electron chi connectivity index (χ0n) is 19.5. The van der Waals surface area contributed by atoms with Crippen LogP contribution in [0.5, 0.6) is 5.75 Å². The van der Waals surface area contributed by atoms with Crippen LogP contribution in [0.2, 0.25) is 0 Å². The van der Waals surface area contributed by atoms with E-state index in [1.165, 1.54) is 18.8 Å². The number of benzene rings is 2. The zero-order chi connectivity index (χ0) is 23.0. The van der Waals surface area contributed by atoms with Crippen molar-refractivity contribution in [1.82, 2.24) is 4.90 Å². The molecule has 138 valence electrons. The molecule has 1 aliphatic heterocycles. The van der Waals surface area contributed by atoms with Crippen molar-refractivity contribution in [3.63, 3.8) is 0 Å². The summed E-state index contributed by atoms with van der Waals surface area (Å²) in [5.74, 6) is -0.198. The lowest BCUT2D eigenvalue weighted by atomic mass is 10.1. The van der Waals surface area contributed by atoms with E-state index in [1.54, 1.807) is 55.6 Å². The molecule has 2 atom stereocenters. The first-order chi connectivity index (χ1) is 14.5. The Morgan fingerprint density at radius 3 is 2.73 bits per heavy atom. The molecule has 2 aromatic carbocycles. The Kier molecular flexibility index (Phi) is 4.12. The molecule has 0 aromatic heterocycles. The van der Waals surface area contributed by atoms with Crippen molar-refractivity contribution in [3.05, 3.63) is 54.1 Å². The molecule has 0 spiro atoms. The number of methoxy groups -OCH3 is 1. The van der Waals surface area contributed by atoms with Crippen molar-refractivity contribution < 1.29 is 21.5 Å². The van der Waals surface area contributed by atoms with E-state index in [1.807, 2.05) is 0 Å². The van der Waals surface area contributed by atoms with Crippen molar-refractivity contribution in [3.8, 4) is 5.75 Å². The predicted molar refractivity (Wildman–Crippen MR) is 105 cm³/mol. The Hall–Kier alpha value is -2.02. The van der Waals surface area contributed by atoms with Gasteiger partial charge in [-0.1, -0.05) is 24.3 Å². The molecule has 1 aliphatic rings. The highest BCUT2D eigenvalue weighted by atomic mass is 32.2. The van der Waals surface area contributed by atoms with Gasteiger partial charge in [-0.25, -0.2) is 0 Å². The summed E-state index contributed by atoms with van der Waals surface area (Å²) in [6, 6.07) is 13.7. The summed E-state index contributed by atoms with van der Waals surface area (Å²) in [6.45, 7) is -5.47. The predicted octanol–water partition coefficient (Wildman–Crippen LogP) is 2.80. The van der Waals surface area contributed by atoms with E-state index in [0.29, 0.717) is 16.2 Å². The number of aliphatic hydroxyl groups excluding tert-OH is 1. The minimum Gasteiger partial charge on any atom is -0.497 e. The molecule has 0 unspecified atom stereocenters. The first-order valence-electron chi connectivity index (χ1n) is 10.6. The summed E-state index contributed by atoms with van der Waals surface area (Å²) in [5.41, 5.74) is 0.972. The van der Waals surface area contributed by atoms with Crippen molar-refractivity contribution in [2.45, 2.75) is 16.2 Å². The second-order valence-corrected chi connectivity index (χ2v) is 7.10. The largest absolute Gasteiger partial charge is 0.497 e. The molecular weight excluding hydrogens is 348 g/mol. The van der Waals surface area contributed by atoms with Gasteiger partial charge >= 0.3 is 0 Å². The molecule has 0 radical (unpaired) electrons. The molecule has 0 saturated heterocycles. The van der Waals surface area contributed by atoms with Crippen LogP contribution in [0.1, 0.15) is 17.7 Å². The van der Waals surface area contributed by atoms with Gasteiger partial charge in [0.05, 0.1) is 20.8 Å². The van der Waals surface area contributed by atoms with Crippen LogP contribution in [0.15, 0.2) is 53.4 Å². The average Bonchev–Trinajstić information content (AvgIpc) is 2.82. The summed E-state index contributed by atoms with van der Waals surface area (Å²) in [7, 11) is 2.81. The van der Waals surface area contributed by atoms with E-state index in [2.05, 4.69) is 0 Å². The van der Waals surface area contributed by atoms with E-state index >= 15 is 0 Å². The van der Waals surface area contributed by atoms with Crippen molar-refractivity contribution in [2.24, 2.45) is 0 Å². The van der Waals surface area contributed by atoms with Crippen LogP contribution in [0.3, 0.4) is 0 Å². The van der Waals surface area contributed by atoms with E-state index < -0.39 is 37.3 Å². The van der Waals surface area contributed by atoms with E-state index in [4.69, 9.17) is 11.6 Å². The van der Waals surface area contributed by atoms with E-state index in [0.717, 1.165) is 9.80 Å². The highest BCUT2D eigenvalue weighted by Crippen LogP contribution is 2.45. The number of ether oxygens (including phenoxy) is 1. The first kappa shape index (κ1) is 13.2. The van der Waals surface area contributed by atoms with Crippen LogP contribution < -0.4 is 9.64 Å². The summed E-state index contributed by atoms with van der Waals surface area (Å²) < 4.78 is 44.8. The average molecular weight is 378 g/mol. The number of likely N-dealkylation sites (N-methyl/N-ethyl adjacent to an activating group) is 1. The number of hydrogen-bond donors (Lipinski definition) is 1. The fraction of sp³-hybridized carbons (Fsp3) is 0.350. The molecule has 0 fully saturated rings. The van der Waals surface area contributed by atoms with Crippen LogP contribution in [-0.2, 0) is 4.79 Å². The van der Waals surface area contributed by atoms with Gasteiger partial charge in [-0.05, 0) is 43.9 Å². The molecule has 26 heavy (non-hydrogen) atoms. The molecule has 1 amide bonds. The molecule has 0 aliphatic carbocycles. The van der Waals surface area contributed by atoms with Crippen LogP contribution in [0.25, 0.3) is 0 Å². The standard InChI is InChI=1S/C20H24N2O3S/c1-21(2)12-13-22-16-6-4-5-7-17(16)26-19(18(23)20(22)24)14-8-10-15(25-3)11-9-14/h4-11,18-19,23H,12-13H2,1-3H3/t18-,19+/m1/s1/i1D3,13D2. The number of fused-ring (bicyclic) bond motifs is 1. The van der Waals surface area contributed by atoms with Crippen molar-refractivity contribution in [2.75, 3.05) is 39.1 Å². The van der Waals surface area contributed by atoms with Gasteiger partial charge in [0, 0.05) is 22.0 Å². The molecule has 6 heteroatoms. The number of carbonyl (C=O) groups excluding carboxylic acids is 1. The fourth-order valence-corrected chi connectivity index (χ4v) is 3.96. The molecule has 0 bridgehead atoms. The van der Waals surface area contributed by atoms with Gasteiger partial charge in [0.1, 0.15) is 11.9 Å². The maximum absolute atomic E-state index is 13.3. The Bertz CT molecular complexity index is 939. The molecular formula is C20H24N2O3S. The molecule has 5 nitrogen and oxygen atoms in total. The number of hydrogen-bond acceptors (Lipinski definition) is 5. The van der Waals surface area contributed by atoms with Crippen molar-refractivity contribution in [1.29, 1.82) is 0 Å².